The Kier molecular flexibility index (Phi) is 3.18. The molecule has 0 bridgehead atoms. The highest BCUT2D eigenvalue weighted by atomic mass is 19.1. The van der Waals surface area contributed by atoms with Crippen molar-refractivity contribution in [2.45, 2.75) is 6.42 Å². The van der Waals surface area contributed by atoms with Crippen molar-refractivity contribution in [1.29, 1.82) is 5.26 Å². The predicted molar refractivity (Wildman–Crippen MR) is 46.9 cm³/mol. The lowest BCUT2D eigenvalue weighted by Gasteiger charge is -2.05. The number of carbonyl (C=O) groups is 1. The molecular formula is C9H6F2N2O2. The van der Waals surface area contributed by atoms with Crippen LogP contribution < -0.4 is 5.32 Å². The van der Waals surface area contributed by atoms with E-state index in [0.717, 1.165) is 0 Å². The molecule has 0 saturated heterocycles. The highest BCUT2D eigenvalue weighted by molar-refractivity contribution is 5.92. The summed E-state index contributed by atoms with van der Waals surface area (Å²) in [5, 5.41) is 18.9. The zero-order valence-corrected chi connectivity index (χ0v) is 7.42. The zero-order chi connectivity index (χ0) is 11.4. The first kappa shape index (κ1) is 10.9. The van der Waals surface area contributed by atoms with Crippen molar-refractivity contribution in [2.24, 2.45) is 0 Å². The number of halogens is 2. The number of amides is 1. The summed E-state index contributed by atoms with van der Waals surface area (Å²) in [6, 6.07) is 2.85. The smallest absolute Gasteiger partial charge is 0.238 e. The number of nitriles is 1. The van der Waals surface area contributed by atoms with Crippen LogP contribution in [0, 0.1) is 23.0 Å². The molecule has 1 aromatic rings. The SMILES string of the molecule is N#CCC(=O)Nc1c(F)cc(O)cc1F. The quantitative estimate of drug-likeness (QED) is 0.730. The normalized spacial score (nSPS) is 9.40. The van der Waals surface area contributed by atoms with E-state index in [9.17, 15) is 13.6 Å². The molecule has 0 saturated carbocycles. The standard InChI is InChI=1S/C9H6F2N2O2/c10-6-3-5(14)4-7(11)9(6)13-8(15)1-2-12/h3-4,14H,1H2,(H,13,15). The molecule has 0 aromatic heterocycles. The largest absolute Gasteiger partial charge is 0.508 e. The predicted octanol–water partition coefficient (Wildman–Crippen LogP) is 1.52. The Labute approximate surface area is 83.8 Å². The van der Waals surface area contributed by atoms with Gasteiger partial charge in [-0.2, -0.15) is 5.26 Å². The van der Waals surface area contributed by atoms with Gasteiger partial charge in [0.2, 0.25) is 5.91 Å². The Morgan fingerprint density at radius 2 is 2.00 bits per heavy atom. The van der Waals surface area contributed by atoms with Crippen LogP contribution in [0.2, 0.25) is 0 Å². The molecule has 1 rings (SSSR count). The molecule has 0 aliphatic carbocycles. The Morgan fingerprint density at radius 3 is 2.47 bits per heavy atom. The number of hydrogen-bond acceptors (Lipinski definition) is 3. The lowest BCUT2D eigenvalue weighted by Crippen LogP contribution is -2.12. The van der Waals surface area contributed by atoms with Crippen molar-refractivity contribution < 1.29 is 18.7 Å². The second-order valence-corrected chi connectivity index (χ2v) is 2.67. The Hall–Kier alpha value is -2.16. The topological polar surface area (TPSA) is 73.1 Å². The summed E-state index contributed by atoms with van der Waals surface area (Å²) in [6.07, 6.45) is -0.500. The number of anilines is 1. The minimum atomic E-state index is -1.10. The third kappa shape index (κ3) is 2.64. The van der Waals surface area contributed by atoms with Crippen LogP contribution in [0.25, 0.3) is 0 Å². The third-order valence-electron chi connectivity index (χ3n) is 1.53. The average molecular weight is 212 g/mol. The molecule has 2 N–H and O–H groups in total. The van der Waals surface area contributed by atoms with Crippen LogP contribution in [0.4, 0.5) is 14.5 Å². The molecule has 4 nitrogen and oxygen atoms in total. The van der Waals surface area contributed by atoms with Gasteiger partial charge in [-0.05, 0) is 0 Å². The zero-order valence-electron chi connectivity index (χ0n) is 7.42. The number of phenolic OH excluding ortho intramolecular Hbond substituents is 1. The number of carbonyl (C=O) groups excluding carboxylic acids is 1. The maximum absolute atomic E-state index is 13.0. The minimum absolute atomic E-state index is 0.500. The van der Waals surface area contributed by atoms with Gasteiger partial charge in [0, 0.05) is 12.1 Å². The van der Waals surface area contributed by atoms with Gasteiger partial charge in [-0.1, -0.05) is 0 Å². The minimum Gasteiger partial charge on any atom is -0.508 e. The van der Waals surface area contributed by atoms with Crippen LogP contribution in [0.1, 0.15) is 6.42 Å². The van der Waals surface area contributed by atoms with Crippen LogP contribution in [-0.2, 0) is 4.79 Å². The van der Waals surface area contributed by atoms with E-state index < -0.39 is 35.4 Å². The molecule has 0 atom stereocenters. The summed E-state index contributed by atoms with van der Waals surface area (Å²) in [7, 11) is 0. The van der Waals surface area contributed by atoms with Gasteiger partial charge in [-0.25, -0.2) is 8.78 Å². The summed E-state index contributed by atoms with van der Waals surface area (Å²) in [5.41, 5.74) is -0.673. The number of nitrogens with zero attached hydrogens (tertiary/aromatic N) is 1. The molecular weight excluding hydrogens is 206 g/mol. The van der Waals surface area contributed by atoms with Gasteiger partial charge in [-0.3, -0.25) is 4.79 Å². The summed E-state index contributed by atoms with van der Waals surface area (Å²) in [5.74, 6) is -3.60. The van der Waals surface area contributed by atoms with E-state index in [-0.39, 0.29) is 0 Å². The molecule has 0 unspecified atom stereocenters. The molecule has 0 aliphatic heterocycles. The van der Waals surface area contributed by atoms with Crippen LogP contribution in [0.3, 0.4) is 0 Å². The molecule has 1 amide bonds. The van der Waals surface area contributed by atoms with Crippen molar-refractivity contribution in [3.05, 3.63) is 23.8 Å². The average Bonchev–Trinajstić information content (AvgIpc) is 2.11. The molecule has 0 fully saturated rings. The molecule has 0 spiro atoms. The lowest BCUT2D eigenvalue weighted by molar-refractivity contribution is -0.115. The Balaban J connectivity index is 2.96. The van der Waals surface area contributed by atoms with Crippen LogP contribution >= 0.6 is 0 Å². The fourth-order valence-corrected chi connectivity index (χ4v) is 0.935. The van der Waals surface area contributed by atoms with Gasteiger partial charge in [-0.15, -0.1) is 0 Å². The van der Waals surface area contributed by atoms with Crippen molar-refractivity contribution in [3.63, 3.8) is 0 Å². The maximum atomic E-state index is 13.0. The van der Waals surface area contributed by atoms with Crippen molar-refractivity contribution in [1.82, 2.24) is 0 Å². The summed E-state index contributed by atoms with van der Waals surface area (Å²) in [4.78, 5) is 10.9. The highest BCUT2D eigenvalue weighted by Gasteiger charge is 2.13. The summed E-state index contributed by atoms with van der Waals surface area (Å²) in [6.45, 7) is 0. The van der Waals surface area contributed by atoms with Gasteiger partial charge in [0.15, 0.2) is 11.6 Å². The Bertz CT molecular complexity index is 417. The van der Waals surface area contributed by atoms with Gasteiger partial charge < -0.3 is 10.4 Å². The van der Waals surface area contributed by atoms with Gasteiger partial charge in [0.25, 0.3) is 0 Å². The number of nitrogens with one attached hydrogen (secondary N) is 1. The van der Waals surface area contributed by atoms with Gasteiger partial charge in [0.1, 0.15) is 17.9 Å². The van der Waals surface area contributed by atoms with E-state index >= 15 is 0 Å². The van der Waals surface area contributed by atoms with E-state index in [2.05, 4.69) is 0 Å². The summed E-state index contributed by atoms with van der Waals surface area (Å²) < 4.78 is 26.0. The number of benzene rings is 1. The lowest BCUT2D eigenvalue weighted by atomic mass is 10.2. The van der Waals surface area contributed by atoms with Crippen LogP contribution in [0.5, 0.6) is 5.75 Å². The fraction of sp³-hybridized carbons (Fsp3) is 0.111. The Morgan fingerprint density at radius 1 is 1.47 bits per heavy atom. The number of hydrogen-bond donors (Lipinski definition) is 2. The van der Waals surface area contributed by atoms with E-state index in [1.807, 2.05) is 5.32 Å². The monoisotopic (exact) mass is 212 g/mol. The molecule has 15 heavy (non-hydrogen) atoms. The van der Waals surface area contributed by atoms with Crippen LogP contribution in [0.15, 0.2) is 12.1 Å². The second-order valence-electron chi connectivity index (χ2n) is 2.67. The summed E-state index contributed by atoms with van der Waals surface area (Å²) >= 11 is 0. The first-order valence-electron chi connectivity index (χ1n) is 3.89. The number of phenols is 1. The first-order chi connectivity index (χ1) is 7.04. The molecule has 1 aromatic carbocycles. The van der Waals surface area contributed by atoms with Crippen molar-refractivity contribution in [2.75, 3.05) is 5.32 Å². The van der Waals surface area contributed by atoms with Gasteiger partial charge >= 0.3 is 0 Å². The third-order valence-corrected chi connectivity index (χ3v) is 1.53. The molecule has 0 aliphatic rings. The van der Waals surface area contributed by atoms with E-state index in [4.69, 9.17) is 10.4 Å². The maximum Gasteiger partial charge on any atom is 0.238 e. The number of rotatable bonds is 2. The molecule has 6 heteroatoms. The van der Waals surface area contributed by atoms with Crippen LogP contribution in [-0.4, -0.2) is 11.0 Å². The first-order valence-corrected chi connectivity index (χ1v) is 3.89. The molecule has 0 heterocycles. The van der Waals surface area contributed by atoms with Crippen molar-refractivity contribution in [3.8, 4) is 11.8 Å². The van der Waals surface area contributed by atoms with E-state index in [1.54, 1.807) is 0 Å². The van der Waals surface area contributed by atoms with Crippen molar-refractivity contribution >= 4 is 11.6 Å². The fourth-order valence-electron chi connectivity index (χ4n) is 0.935. The molecule has 0 radical (unpaired) electrons. The highest BCUT2D eigenvalue weighted by Crippen LogP contribution is 2.23. The number of aromatic hydroxyl groups is 1. The van der Waals surface area contributed by atoms with E-state index in [1.165, 1.54) is 6.07 Å². The second kappa shape index (κ2) is 4.37. The van der Waals surface area contributed by atoms with Gasteiger partial charge in [0.05, 0.1) is 6.07 Å². The molecule has 78 valence electrons. The van der Waals surface area contributed by atoms with E-state index in [0.29, 0.717) is 12.1 Å².